The zero-order valence-corrected chi connectivity index (χ0v) is 16.4. The molecule has 0 aliphatic carbocycles. The van der Waals surface area contributed by atoms with Crippen LogP contribution in [0.15, 0.2) is 52.0 Å². The molecule has 0 bridgehead atoms. The summed E-state index contributed by atoms with van der Waals surface area (Å²) in [5, 5.41) is 3.58. The number of hydrogen-bond acceptors (Lipinski definition) is 4. The summed E-state index contributed by atoms with van der Waals surface area (Å²) in [5.74, 6) is 0.894. The maximum absolute atomic E-state index is 12.5. The van der Waals surface area contributed by atoms with E-state index in [0.717, 1.165) is 23.7 Å². The lowest BCUT2D eigenvalue weighted by Gasteiger charge is -2.28. The normalized spacial score (nSPS) is 13.6. The van der Waals surface area contributed by atoms with Gasteiger partial charge in [-0.05, 0) is 56.4 Å². The molecule has 25 heavy (non-hydrogen) atoms. The molecule has 1 aromatic heterocycles. The van der Waals surface area contributed by atoms with E-state index in [9.17, 15) is 4.79 Å². The fourth-order valence-corrected chi connectivity index (χ4v) is 3.68. The number of benzene rings is 1. The van der Waals surface area contributed by atoms with Gasteiger partial charge in [0.1, 0.15) is 5.76 Å². The van der Waals surface area contributed by atoms with E-state index < -0.39 is 0 Å². The first-order chi connectivity index (χ1) is 12.0. The second kappa shape index (κ2) is 9.90. The van der Waals surface area contributed by atoms with Crippen LogP contribution in [-0.2, 0) is 4.79 Å². The smallest absolute Gasteiger partial charge is 0.233 e. The van der Waals surface area contributed by atoms with E-state index >= 15 is 0 Å². The van der Waals surface area contributed by atoms with Crippen molar-refractivity contribution in [2.75, 3.05) is 19.6 Å². The predicted molar refractivity (Wildman–Crippen MR) is 104 cm³/mol. The number of hydrogen-bond donors (Lipinski definition) is 1. The monoisotopic (exact) mass is 380 g/mol. The van der Waals surface area contributed by atoms with Crippen LogP contribution in [0.2, 0.25) is 5.02 Å². The number of carbonyl (C=O) groups is 1. The number of thioether (sulfide) groups is 1. The van der Waals surface area contributed by atoms with Crippen LogP contribution < -0.4 is 5.32 Å². The van der Waals surface area contributed by atoms with Crippen molar-refractivity contribution in [2.45, 2.75) is 37.0 Å². The molecule has 4 nitrogen and oxygen atoms in total. The molecule has 1 amide bonds. The summed E-state index contributed by atoms with van der Waals surface area (Å²) >= 11 is 7.42. The second-order valence-corrected chi connectivity index (χ2v) is 7.56. The van der Waals surface area contributed by atoms with Crippen LogP contribution >= 0.6 is 23.4 Å². The number of carbonyl (C=O) groups excluding carboxylic acids is 1. The highest BCUT2D eigenvalue weighted by molar-refractivity contribution is 8.00. The summed E-state index contributed by atoms with van der Waals surface area (Å²) in [5.41, 5.74) is 0. The first-order valence-electron chi connectivity index (χ1n) is 8.52. The van der Waals surface area contributed by atoms with Gasteiger partial charge in [0.25, 0.3) is 0 Å². The van der Waals surface area contributed by atoms with E-state index in [2.05, 4.69) is 24.1 Å². The van der Waals surface area contributed by atoms with Crippen molar-refractivity contribution in [3.63, 3.8) is 0 Å². The molecule has 1 N–H and O–H groups in total. The molecule has 0 spiro atoms. The van der Waals surface area contributed by atoms with Crippen LogP contribution in [0.1, 0.15) is 32.6 Å². The van der Waals surface area contributed by atoms with Gasteiger partial charge in [-0.15, -0.1) is 11.8 Å². The van der Waals surface area contributed by atoms with Gasteiger partial charge >= 0.3 is 0 Å². The molecule has 2 rings (SSSR count). The Morgan fingerprint density at radius 2 is 1.92 bits per heavy atom. The molecule has 0 saturated heterocycles. The number of furan rings is 1. The summed E-state index contributed by atoms with van der Waals surface area (Å²) in [6, 6.07) is 11.4. The van der Waals surface area contributed by atoms with Crippen molar-refractivity contribution in [3.05, 3.63) is 53.4 Å². The molecule has 0 fully saturated rings. The molecule has 2 unspecified atom stereocenters. The molecule has 0 aliphatic heterocycles. The summed E-state index contributed by atoms with van der Waals surface area (Å²) in [6.07, 6.45) is 1.67. The van der Waals surface area contributed by atoms with Crippen LogP contribution in [0.3, 0.4) is 0 Å². The first kappa shape index (κ1) is 19.9. The van der Waals surface area contributed by atoms with Crippen molar-refractivity contribution in [1.29, 1.82) is 0 Å². The third kappa shape index (κ3) is 5.80. The lowest BCUT2D eigenvalue weighted by atomic mass is 10.2. The average Bonchev–Trinajstić information content (AvgIpc) is 3.14. The van der Waals surface area contributed by atoms with Gasteiger partial charge in [-0.25, -0.2) is 0 Å². The number of nitrogens with one attached hydrogen (secondary N) is 1. The SMILES string of the molecule is CCN(CC)C(CNC(=O)C(C)Sc1ccc(Cl)cc1)c1ccco1. The van der Waals surface area contributed by atoms with E-state index in [1.165, 1.54) is 11.8 Å². The zero-order chi connectivity index (χ0) is 18.2. The van der Waals surface area contributed by atoms with Gasteiger partial charge in [0, 0.05) is 16.5 Å². The molecule has 2 aromatic rings. The summed E-state index contributed by atoms with van der Waals surface area (Å²) in [7, 11) is 0. The summed E-state index contributed by atoms with van der Waals surface area (Å²) in [4.78, 5) is 15.8. The lowest BCUT2D eigenvalue weighted by molar-refractivity contribution is -0.120. The zero-order valence-electron chi connectivity index (χ0n) is 14.9. The molecular weight excluding hydrogens is 356 g/mol. The highest BCUT2D eigenvalue weighted by atomic mass is 35.5. The predicted octanol–water partition coefficient (Wildman–Crippen LogP) is 4.61. The molecule has 6 heteroatoms. The van der Waals surface area contributed by atoms with Crippen LogP contribution in [0.25, 0.3) is 0 Å². The topological polar surface area (TPSA) is 45.5 Å². The van der Waals surface area contributed by atoms with Gasteiger partial charge < -0.3 is 9.73 Å². The maximum atomic E-state index is 12.5. The van der Waals surface area contributed by atoms with Gasteiger partial charge in [0.2, 0.25) is 5.91 Å². The number of nitrogens with zero attached hydrogens (tertiary/aromatic N) is 1. The Kier molecular flexibility index (Phi) is 7.88. The number of rotatable bonds is 9. The minimum Gasteiger partial charge on any atom is -0.468 e. The summed E-state index contributed by atoms with van der Waals surface area (Å²) in [6.45, 7) is 8.45. The fourth-order valence-electron chi connectivity index (χ4n) is 2.67. The molecular formula is C19H25ClN2O2S. The van der Waals surface area contributed by atoms with Crippen molar-refractivity contribution >= 4 is 29.3 Å². The Balaban J connectivity index is 1.94. The lowest BCUT2D eigenvalue weighted by Crippen LogP contribution is -2.40. The van der Waals surface area contributed by atoms with Crippen LogP contribution in [0.5, 0.6) is 0 Å². The quantitative estimate of drug-likeness (QED) is 0.645. The van der Waals surface area contributed by atoms with Gasteiger partial charge in [-0.2, -0.15) is 0 Å². The standard InChI is InChI=1S/C19H25ClN2O2S/c1-4-22(5-2)17(18-7-6-12-24-18)13-21-19(23)14(3)25-16-10-8-15(20)9-11-16/h6-12,14,17H,4-5,13H2,1-3H3,(H,21,23). The molecule has 1 aromatic carbocycles. The van der Waals surface area contributed by atoms with Gasteiger partial charge in [-0.1, -0.05) is 25.4 Å². The van der Waals surface area contributed by atoms with Crippen molar-refractivity contribution < 1.29 is 9.21 Å². The molecule has 136 valence electrons. The largest absolute Gasteiger partial charge is 0.468 e. The summed E-state index contributed by atoms with van der Waals surface area (Å²) < 4.78 is 5.57. The Morgan fingerprint density at radius 1 is 1.24 bits per heavy atom. The van der Waals surface area contributed by atoms with E-state index in [4.69, 9.17) is 16.0 Å². The van der Waals surface area contributed by atoms with Crippen LogP contribution in [0, 0.1) is 0 Å². The Morgan fingerprint density at radius 3 is 2.48 bits per heavy atom. The fraction of sp³-hybridized carbons (Fsp3) is 0.421. The Bertz CT molecular complexity index is 642. The Hall–Kier alpha value is -1.43. The van der Waals surface area contributed by atoms with Gasteiger partial charge in [-0.3, -0.25) is 9.69 Å². The number of halogens is 1. The molecule has 0 radical (unpaired) electrons. The van der Waals surface area contributed by atoms with E-state index in [-0.39, 0.29) is 17.2 Å². The third-order valence-corrected chi connectivity index (χ3v) is 5.45. The van der Waals surface area contributed by atoms with Crippen molar-refractivity contribution in [2.24, 2.45) is 0 Å². The van der Waals surface area contributed by atoms with Gasteiger partial charge in [0.05, 0.1) is 17.6 Å². The first-order valence-corrected chi connectivity index (χ1v) is 9.78. The Labute approximate surface area is 158 Å². The van der Waals surface area contributed by atoms with E-state index in [1.54, 1.807) is 6.26 Å². The minimum atomic E-state index is -0.185. The highest BCUT2D eigenvalue weighted by Gasteiger charge is 2.23. The highest BCUT2D eigenvalue weighted by Crippen LogP contribution is 2.25. The maximum Gasteiger partial charge on any atom is 0.233 e. The van der Waals surface area contributed by atoms with Crippen molar-refractivity contribution in [3.8, 4) is 0 Å². The van der Waals surface area contributed by atoms with Crippen LogP contribution in [0.4, 0.5) is 0 Å². The van der Waals surface area contributed by atoms with Gasteiger partial charge in [0.15, 0.2) is 0 Å². The van der Waals surface area contributed by atoms with Crippen LogP contribution in [-0.4, -0.2) is 35.7 Å². The molecule has 2 atom stereocenters. The van der Waals surface area contributed by atoms with E-state index in [0.29, 0.717) is 11.6 Å². The minimum absolute atomic E-state index is 0.0173. The number of amides is 1. The average molecular weight is 381 g/mol. The third-order valence-electron chi connectivity index (χ3n) is 4.09. The number of likely N-dealkylation sites (N-methyl/N-ethyl adjacent to an activating group) is 1. The van der Waals surface area contributed by atoms with E-state index in [1.807, 2.05) is 43.3 Å². The molecule has 1 heterocycles. The second-order valence-electron chi connectivity index (χ2n) is 5.71. The molecule has 0 saturated carbocycles. The van der Waals surface area contributed by atoms with Crippen molar-refractivity contribution in [1.82, 2.24) is 10.2 Å². The molecule has 0 aliphatic rings.